The zero-order valence-electron chi connectivity index (χ0n) is 21.6. The normalized spacial score (nSPS) is 22.0. The fraction of sp³-hybridized carbons (Fsp3) is 0.621. The Morgan fingerprint density at radius 2 is 1.78 bits per heavy atom. The summed E-state index contributed by atoms with van der Waals surface area (Å²) in [5.74, 6) is 0.712. The van der Waals surface area contributed by atoms with Crippen LogP contribution >= 0.6 is 24.0 Å². The smallest absolute Gasteiger partial charge is 0.293 e. The second kappa shape index (κ2) is 13.6. The SMILES string of the molecule is CCN1c2ccc(/C=C3/SC(=S)N(CCCCCCCCCCCOC=O)C3=O)cc2C2CCCC21. The third-order valence-corrected chi connectivity index (χ3v) is 9.24. The second-order valence-electron chi connectivity index (χ2n) is 10.2. The van der Waals surface area contributed by atoms with Gasteiger partial charge >= 0.3 is 0 Å². The summed E-state index contributed by atoms with van der Waals surface area (Å²) in [5.41, 5.74) is 3.98. The summed E-state index contributed by atoms with van der Waals surface area (Å²) in [6.07, 6.45) is 16.3. The Morgan fingerprint density at radius 1 is 1.06 bits per heavy atom. The lowest BCUT2D eigenvalue weighted by molar-refractivity contribution is -0.128. The summed E-state index contributed by atoms with van der Waals surface area (Å²) in [6, 6.07) is 7.40. The van der Waals surface area contributed by atoms with E-state index in [9.17, 15) is 9.59 Å². The van der Waals surface area contributed by atoms with Gasteiger partial charge in [-0.1, -0.05) is 81.4 Å². The highest BCUT2D eigenvalue weighted by molar-refractivity contribution is 8.26. The van der Waals surface area contributed by atoms with Crippen molar-refractivity contribution < 1.29 is 14.3 Å². The molecule has 1 aromatic rings. The minimum absolute atomic E-state index is 0.0676. The van der Waals surface area contributed by atoms with Gasteiger partial charge in [-0.15, -0.1) is 0 Å². The van der Waals surface area contributed by atoms with Crippen LogP contribution in [0.15, 0.2) is 23.1 Å². The summed E-state index contributed by atoms with van der Waals surface area (Å²) < 4.78 is 5.41. The van der Waals surface area contributed by atoms with Crippen molar-refractivity contribution in [1.82, 2.24) is 4.90 Å². The van der Waals surface area contributed by atoms with Crippen molar-refractivity contribution in [3.8, 4) is 0 Å². The number of ether oxygens (including phenoxy) is 1. The molecule has 4 rings (SSSR count). The average molecular weight is 529 g/mol. The number of unbranched alkanes of at least 4 members (excludes halogenated alkanes) is 8. The Bertz CT molecular complexity index is 964. The molecule has 36 heavy (non-hydrogen) atoms. The summed E-state index contributed by atoms with van der Waals surface area (Å²) in [6.45, 7) is 5.10. The van der Waals surface area contributed by atoms with Gasteiger partial charge in [0.05, 0.1) is 11.5 Å². The maximum absolute atomic E-state index is 13.1. The van der Waals surface area contributed by atoms with Crippen LogP contribution < -0.4 is 4.90 Å². The highest BCUT2D eigenvalue weighted by Gasteiger charge is 2.40. The molecule has 1 aliphatic carbocycles. The van der Waals surface area contributed by atoms with E-state index in [0.29, 0.717) is 29.4 Å². The first-order valence-electron chi connectivity index (χ1n) is 13.8. The van der Waals surface area contributed by atoms with E-state index in [2.05, 4.69) is 30.0 Å². The van der Waals surface area contributed by atoms with E-state index in [-0.39, 0.29) is 5.91 Å². The van der Waals surface area contributed by atoms with Gasteiger partial charge in [-0.25, -0.2) is 0 Å². The number of hydrogen-bond donors (Lipinski definition) is 0. The van der Waals surface area contributed by atoms with Crippen molar-refractivity contribution in [2.75, 3.05) is 24.6 Å². The number of anilines is 1. The molecular formula is C29H40N2O3S2. The molecule has 0 bridgehead atoms. The summed E-state index contributed by atoms with van der Waals surface area (Å²) in [7, 11) is 0. The molecule has 1 aromatic carbocycles. The van der Waals surface area contributed by atoms with Crippen LogP contribution in [0.4, 0.5) is 5.69 Å². The van der Waals surface area contributed by atoms with Gasteiger partial charge in [-0.3, -0.25) is 14.5 Å². The van der Waals surface area contributed by atoms with Crippen molar-refractivity contribution in [3.63, 3.8) is 0 Å². The van der Waals surface area contributed by atoms with Crippen LogP contribution in [0.1, 0.15) is 101 Å². The van der Waals surface area contributed by atoms with E-state index >= 15 is 0 Å². The van der Waals surface area contributed by atoms with Crippen molar-refractivity contribution in [3.05, 3.63) is 34.2 Å². The van der Waals surface area contributed by atoms with Crippen LogP contribution in [-0.2, 0) is 14.3 Å². The molecule has 1 amide bonds. The number of thioether (sulfide) groups is 1. The Balaban J connectivity index is 1.20. The van der Waals surface area contributed by atoms with Gasteiger partial charge < -0.3 is 9.64 Å². The van der Waals surface area contributed by atoms with Crippen molar-refractivity contribution >= 4 is 52.4 Å². The quantitative estimate of drug-likeness (QED) is 0.105. The van der Waals surface area contributed by atoms with Gasteiger partial charge in [0.2, 0.25) is 0 Å². The molecule has 2 unspecified atom stereocenters. The number of carbonyl (C=O) groups excluding carboxylic acids is 2. The van der Waals surface area contributed by atoms with E-state index in [0.717, 1.165) is 49.2 Å². The van der Waals surface area contributed by atoms with Crippen LogP contribution in [0.5, 0.6) is 0 Å². The molecule has 7 heteroatoms. The Morgan fingerprint density at radius 3 is 2.50 bits per heavy atom. The molecule has 0 N–H and O–H groups in total. The third-order valence-electron chi connectivity index (χ3n) is 7.86. The molecule has 2 aliphatic heterocycles. The van der Waals surface area contributed by atoms with Gasteiger partial charge in [0.1, 0.15) is 4.32 Å². The molecule has 2 atom stereocenters. The topological polar surface area (TPSA) is 49.9 Å². The maximum atomic E-state index is 13.1. The summed E-state index contributed by atoms with van der Waals surface area (Å²) in [4.78, 5) is 28.3. The van der Waals surface area contributed by atoms with Crippen LogP contribution in [0, 0.1) is 0 Å². The van der Waals surface area contributed by atoms with Gasteiger partial charge in [-0.2, -0.15) is 0 Å². The largest absolute Gasteiger partial charge is 0.468 e. The van der Waals surface area contributed by atoms with E-state index in [1.165, 1.54) is 74.4 Å². The summed E-state index contributed by atoms with van der Waals surface area (Å²) >= 11 is 7.01. The zero-order chi connectivity index (χ0) is 25.3. The van der Waals surface area contributed by atoms with E-state index in [1.807, 2.05) is 6.08 Å². The Hall–Kier alpha value is -1.86. The van der Waals surface area contributed by atoms with E-state index in [1.54, 1.807) is 4.90 Å². The molecule has 196 valence electrons. The molecule has 1 saturated heterocycles. The molecule has 0 radical (unpaired) electrons. The highest BCUT2D eigenvalue weighted by Crippen LogP contribution is 2.49. The number of amides is 1. The van der Waals surface area contributed by atoms with Crippen LogP contribution in [0.2, 0.25) is 0 Å². The van der Waals surface area contributed by atoms with E-state index in [4.69, 9.17) is 17.0 Å². The molecule has 2 fully saturated rings. The van der Waals surface area contributed by atoms with Gasteiger partial charge in [0.15, 0.2) is 0 Å². The Kier molecular flexibility index (Phi) is 10.3. The third kappa shape index (κ3) is 6.52. The van der Waals surface area contributed by atoms with Crippen LogP contribution in [0.25, 0.3) is 6.08 Å². The predicted molar refractivity (Wildman–Crippen MR) is 153 cm³/mol. The van der Waals surface area contributed by atoms with Crippen molar-refractivity contribution in [2.24, 2.45) is 0 Å². The van der Waals surface area contributed by atoms with Gasteiger partial charge in [0, 0.05) is 30.7 Å². The molecule has 1 saturated carbocycles. The molecule has 0 spiro atoms. The molecule has 2 heterocycles. The molecular weight excluding hydrogens is 488 g/mol. The first-order valence-corrected chi connectivity index (χ1v) is 15.1. The second-order valence-corrected chi connectivity index (χ2v) is 11.9. The highest BCUT2D eigenvalue weighted by atomic mass is 32.2. The zero-order valence-corrected chi connectivity index (χ0v) is 23.2. The monoisotopic (exact) mass is 528 g/mol. The van der Waals surface area contributed by atoms with Crippen molar-refractivity contribution in [1.29, 1.82) is 0 Å². The molecule has 0 aromatic heterocycles. The van der Waals surface area contributed by atoms with Crippen molar-refractivity contribution in [2.45, 2.75) is 95.9 Å². The molecule has 5 nitrogen and oxygen atoms in total. The number of rotatable bonds is 15. The minimum atomic E-state index is 0.0676. The summed E-state index contributed by atoms with van der Waals surface area (Å²) in [5, 5.41) is 0. The number of nitrogens with zero attached hydrogens (tertiary/aromatic N) is 2. The van der Waals surface area contributed by atoms with Crippen LogP contribution in [0.3, 0.4) is 0 Å². The minimum Gasteiger partial charge on any atom is -0.468 e. The lowest BCUT2D eigenvalue weighted by atomic mass is 9.96. The fourth-order valence-electron chi connectivity index (χ4n) is 6.07. The standard InChI is InChI=1S/C29H40N2O3S2/c1-2-30-25-14-12-13-23(25)24-19-22(15-16-26(24)30)20-27-28(33)31(29(35)36-27)17-10-8-6-4-3-5-7-9-11-18-34-21-32/h15-16,19-21,23,25H,2-14,17-18H2,1H3/b27-20+. The van der Waals surface area contributed by atoms with Gasteiger partial charge in [0.25, 0.3) is 12.4 Å². The molecule has 3 aliphatic rings. The number of thiocarbonyl (C=S) groups is 1. The first kappa shape index (κ1) is 27.2. The Labute approximate surface area is 226 Å². The lowest BCUT2D eigenvalue weighted by Crippen LogP contribution is -2.30. The number of fused-ring (bicyclic) bond motifs is 3. The maximum Gasteiger partial charge on any atom is 0.293 e. The number of hydrogen-bond acceptors (Lipinski definition) is 6. The average Bonchev–Trinajstić information content (AvgIpc) is 3.54. The number of benzene rings is 1. The predicted octanol–water partition coefficient (Wildman–Crippen LogP) is 7.05. The number of likely N-dealkylation sites (N-methyl/N-ethyl adjacent to an activating group) is 1. The lowest BCUT2D eigenvalue weighted by Gasteiger charge is -2.25. The van der Waals surface area contributed by atoms with Crippen LogP contribution in [-0.4, -0.2) is 47.3 Å². The number of carbonyl (C=O) groups is 2. The van der Waals surface area contributed by atoms with Gasteiger partial charge in [-0.05, 0) is 61.9 Å². The first-order chi connectivity index (χ1) is 17.6. The fourth-order valence-corrected chi connectivity index (χ4v) is 7.37. The van der Waals surface area contributed by atoms with E-state index < -0.39 is 0 Å².